The third-order valence-electron chi connectivity index (χ3n) is 4.72. The van der Waals surface area contributed by atoms with Gasteiger partial charge in [-0.2, -0.15) is 18.2 Å². The van der Waals surface area contributed by atoms with E-state index in [1.165, 1.54) is 18.8 Å². The van der Waals surface area contributed by atoms with Gasteiger partial charge in [0.1, 0.15) is 11.6 Å². The molecule has 4 aromatic rings. The molecule has 1 N–H and O–H groups in total. The van der Waals surface area contributed by atoms with Crippen LogP contribution >= 0.6 is 0 Å². The molecule has 32 heavy (non-hydrogen) atoms. The van der Waals surface area contributed by atoms with E-state index in [0.29, 0.717) is 17.4 Å². The van der Waals surface area contributed by atoms with Crippen LogP contribution in [0.15, 0.2) is 48.9 Å². The molecule has 0 aliphatic heterocycles. The van der Waals surface area contributed by atoms with Gasteiger partial charge in [0.15, 0.2) is 5.82 Å². The number of halogens is 4. The molecule has 0 atom stereocenters. The van der Waals surface area contributed by atoms with Crippen molar-refractivity contribution in [3.63, 3.8) is 0 Å². The van der Waals surface area contributed by atoms with Crippen molar-refractivity contribution in [2.75, 3.05) is 12.4 Å². The molecule has 0 unspecified atom stereocenters. The Hall–Kier alpha value is -3.89. The Balaban J connectivity index is 1.68. The molecule has 2 aromatic carbocycles. The summed E-state index contributed by atoms with van der Waals surface area (Å²) >= 11 is 0. The van der Waals surface area contributed by atoms with E-state index in [2.05, 4.69) is 20.4 Å². The lowest BCUT2D eigenvalue weighted by atomic mass is 10.1. The lowest BCUT2D eigenvalue weighted by Gasteiger charge is -2.13. The molecular formula is C21H18F4N6O. The van der Waals surface area contributed by atoms with Crippen molar-refractivity contribution >= 4 is 11.6 Å². The van der Waals surface area contributed by atoms with E-state index in [-0.39, 0.29) is 17.5 Å². The van der Waals surface area contributed by atoms with E-state index in [0.717, 1.165) is 23.5 Å². The fourth-order valence-corrected chi connectivity index (χ4v) is 3.18. The highest BCUT2D eigenvalue weighted by molar-refractivity contribution is 5.66. The van der Waals surface area contributed by atoms with Gasteiger partial charge in [0.05, 0.1) is 36.1 Å². The number of aromatic nitrogens is 5. The van der Waals surface area contributed by atoms with Crippen molar-refractivity contribution in [3.8, 4) is 22.8 Å². The average Bonchev–Trinajstić information content (AvgIpc) is 3.33. The number of hydrogen-bond acceptors (Lipinski definition) is 5. The summed E-state index contributed by atoms with van der Waals surface area (Å²) in [4.78, 5) is 8.51. The van der Waals surface area contributed by atoms with Crippen LogP contribution in [0.4, 0.5) is 29.2 Å². The number of nitrogens with one attached hydrogen (secondary N) is 1. The summed E-state index contributed by atoms with van der Waals surface area (Å²) in [6.07, 6.45) is -1.23. The fraction of sp³-hybridized carbons (Fsp3) is 0.190. The first kappa shape index (κ1) is 21.3. The van der Waals surface area contributed by atoms with Gasteiger partial charge >= 0.3 is 6.18 Å². The number of rotatable bonds is 5. The normalized spacial score (nSPS) is 11.6. The number of imidazole rings is 1. The molecule has 166 valence electrons. The minimum atomic E-state index is -4.74. The first-order chi connectivity index (χ1) is 15.2. The van der Waals surface area contributed by atoms with Gasteiger partial charge in [-0.3, -0.25) is 0 Å². The van der Waals surface area contributed by atoms with Crippen LogP contribution in [0.1, 0.15) is 11.3 Å². The van der Waals surface area contributed by atoms with Crippen LogP contribution in [0, 0.1) is 12.7 Å². The van der Waals surface area contributed by atoms with E-state index in [9.17, 15) is 17.6 Å². The third kappa shape index (κ3) is 4.13. The quantitative estimate of drug-likeness (QED) is 0.442. The first-order valence-electron chi connectivity index (χ1n) is 9.40. The number of benzene rings is 2. The Morgan fingerprint density at radius 1 is 1.09 bits per heavy atom. The lowest BCUT2D eigenvalue weighted by Crippen LogP contribution is -2.11. The van der Waals surface area contributed by atoms with Crippen molar-refractivity contribution < 1.29 is 22.3 Å². The van der Waals surface area contributed by atoms with Crippen LogP contribution in [-0.2, 0) is 13.2 Å². The van der Waals surface area contributed by atoms with Gasteiger partial charge in [0.25, 0.3) is 0 Å². The van der Waals surface area contributed by atoms with Gasteiger partial charge in [-0.25, -0.2) is 14.1 Å². The van der Waals surface area contributed by atoms with Gasteiger partial charge in [0, 0.05) is 18.8 Å². The number of alkyl halides is 3. The van der Waals surface area contributed by atoms with Crippen LogP contribution in [0.25, 0.3) is 17.1 Å². The van der Waals surface area contributed by atoms with Gasteiger partial charge in [-0.05, 0) is 43.3 Å². The van der Waals surface area contributed by atoms with Crippen LogP contribution in [0.3, 0.4) is 0 Å². The molecular weight excluding hydrogens is 428 g/mol. The predicted molar refractivity (Wildman–Crippen MR) is 110 cm³/mol. The largest absolute Gasteiger partial charge is 0.495 e. The Kier molecular flexibility index (Phi) is 5.33. The van der Waals surface area contributed by atoms with Crippen molar-refractivity contribution in [2.45, 2.75) is 13.1 Å². The molecule has 2 heterocycles. The number of aryl methyl sites for hydroxylation is 2. The molecule has 11 heteroatoms. The van der Waals surface area contributed by atoms with E-state index in [4.69, 9.17) is 4.74 Å². The van der Waals surface area contributed by atoms with Gasteiger partial charge in [-0.1, -0.05) is 0 Å². The van der Waals surface area contributed by atoms with Crippen molar-refractivity contribution in [1.82, 2.24) is 24.3 Å². The SMILES string of the molecule is COc1cc(-c2nc(Nc3ccc(F)cc3C(F)(F)F)n(C)n2)ccc1-n1cnc(C)c1. The molecule has 7 nitrogen and oxygen atoms in total. The van der Waals surface area contributed by atoms with Gasteiger partial charge in [0.2, 0.25) is 5.95 Å². The van der Waals surface area contributed by atoms with Crippen molar-refractivity contribution in [3.05, 3.63) is 66.0 Å². The molecule has 0 aliphatic carbocycles. The second-order valence-electron chi connectivity index (χ2n) is 7.00. The van der Waals surface area contributed by atoms with Gasteiger partial charge in [-0.15, -0.1) is 5.10 Å². The molecule has 0 bridgehead atoms. The minimum absolute atomic E-state index is 0.0605. The molecule has 0 aliphatic rings. The average molecular weight is 446 g/mol. The van der Waals surface area contributed by atoms with E-state index < -0.39 is 17.6 Å². The maximum Gasteiger partial charge on any atom is 0.418 e. The van der Waals surface area contributed by atoms with E-state index in [1.807, 2.05) is 17.7 Å². The maximum atomic E-state index is 13.4. The highest BCUT2D eigenvalue weighted by Crippen LogP contribution is 2.36. The van der Waals surface area contributed by atoms with Crippen molar-refractivity contribution in [2.24, 2.45) is 7.05 Å². The molecule has 4 rings (SSSR count). The number of methoxy groups -OCH3 is 1. The monoisotopic (exact) mass is 446 g/mol. The summed E-state index contributed by atoms with van der Waals surface area (Å²) in [5.74, 6) is -0.107. The van der Waals surface area contributed by atoms with Crippen LogP contribution in [0.2, 0.25) is 0 Å². The van der Waals surface area contributed by atoms with Crippen LogP contribution in [0.5, 0.6) is 5.75 Å². The number of hydrogen-bond donors (Lipinski definition) is 1. The molecule has 0 spiro atoms. The predicted octanol–water partition coefficient (Wildman–Crippen LogP) is 4.89. The topological polar surface area (TPSA) is 69.8 Å². The summed E-state index contributed by atoms with van der Waals surface area (Å²) in [7, 11) is 3.06. The lowest BCUT2D eigenvalue weighted by molar-refractivity contribution is -0.137. The first-order valence-corrected chi connectivity index (χ1v) is 9.40. The Morgan fingerprint density at radius 2 is 1.88 bits per heavy atom. The molecule has 0 amide bonds. The smallest absolute Gasteiger partial charge is 0.418 e. The number of ether oxygens (including phenoxy) is 1. The van der Waals surface area contributed by atoms with Crippen molar-refractivity contribution in [1.29, 1.82) is 0 Å². The molecule has 0 saturated heterocycles. The minimum Gasteiger partial charge on any atom is -0.495 e. The maximum absolute atomic E-state index is 13.4. The third-order valence-corrected chi connectivity index (χ3v) is 4.72. The second kappa shape index (κ2) is 7.98. The van der Waals surface area contributed by atoms with Crippen LogP contribution < -0.4 is 10.1 Å². The van der Waals surface area contributed by atoms with E-state index in [1.54, 1.807) is 24.5 Å². The summed E-state index contributed by atoms with van der Waals surface area (Å²) in [6, 6.07) is 7.68. The Morgan fingerprint density at radius 3 is 2.53 bits per heavy atom. The highest BCUT2D eigenvalue weighted by Gasteiger charge is 2.34. The highest BCUT2D eigenvalue weighted by atomic mass is 19.4. The Labute approximate surface area is 180 Å². The number of nitrogens with zero attached hydrogens (tertiary/aromatic N) is 5. The molecule has 0 saturated carbocycles. The molecule has 2 aromatic heterocycles. The zero-order chi connectivity index (χ0) is 23.0. The summed E-state index contributed by atoms with van der Waals surface area (Å²) < 4.78 is 61.8. The second-order valence-corrected chi connectivity index (χ2v) is 7.00. The molecule has 0 fully saturated rings. The van der Waals surface area contributed by atoms with Gasteiger partial charge < -0.3 is 14.6 Å². The van der Waals surface area contributed by atoms with Crippen LogP contribution in [-0.4, -0.2) is 31.4 Å². The summed E-state index contributed by atoms with van der Waals surface area (Å²) in [5, 5.41) is 6.87. The Bertz CT molecular complexity index is 1280. The van der Waals surface area contributed by atoms with E-state index >= 15 is 0 Å². The zero-order valence-electron chi connectivity index (χ0n) is 17.3. The zero-order valence-corrected chi connectivity index (χ0v) is 17.3. The fourth-order valence-electron chi connectivity index (χ4n) is 3.18. The summed E-state index contributed by atoms with van der Waals surface area (Å²) in [6.45, 7) is 1.87. The number of anilines is 2. The molecule has 0 radical (unpaired) electrons. The standard InChI is InChI=1S/C21H18F4N6O/c1-12-10-31(11-26-12)17-7-4-13(8-18(17)32-3)19-28-20(30(2)29-19)27-16-6-5-14(22)9-15(16)21(23,24)25/h4-11H,1-3H3,(H,27,28,29). The summed E-state index contributed by atoms with van der Waals surface area (Å²) in [5.41, 5.74) is 0.735.